The molecule has 2 atom stereocenters. The molecule has 0 spiro atoms. The molecule has 0 amide bonds. The maximum absolute atomic E-state index is 5.88. The zero-order valence-corrected chi connectivity index (χ0v) is 11.9. The summed E-state index contributed by atoms with van der Waals surface area (Å²) in [4.78, 5) is 0. The van der Waals surface area contributed by atoms with Crippen LogP contribution >= 0.6 is 0 Å². The van der Waals surface area contributed by atoms with Crippen LogP contribution in [0.15, 0.2) is 24.3 Å². The molecule has 0 aliphatic heterocycles. The lowest BCUT2D eigenvalue weighted by Gasteiger charge is -2.23. The molecule has 0 saturated heterocycles. The summed E-state index contributed by atoms with van der Waals surface area (Å²) in [7, 11) is 1.98. The Morgan fingerprint density at radius 1 is 1.11 bits per heavy atom. The van der Waals surface area contributed by atoms with Crippen molar-refractivity contribution in [2.24, 2.45) is 5.92 Å². The Kier molecular flexibility index (Phi) is 6.58. The predicted octanol–water partition coefficient (Wildman–Crippen LogP) is 3.10. The number of ether oxygens (including phenoxy) is 2. The third-order valence-corrected chi connectivity index (χ3v) is 3.27. The van der Waals surface area contributed by atoms with Gasteiger partial charge in [-0.1, -0.05) is 32.4 Å². The van der Waals surface area contributed by atoms with Crippen LogP contribution < -0.4 is 14.8 Å². The minimum atomic E-state index is 0.365. The molecule has 3 heteroatoms. The largest absolute Gasteiger partial charge is 0.490 e. The number of para-hydroxylation sites is 2. The van der Waals surface area contributed by atoms with Gasteiger partial charge < -0.3 is 14.8 Å². The van der Waals surface area contributed by atoms with Crippen molar-refractivity contribution in [1.82, 2.24) is 5.32 Å². The summed E-state index contributed by atoms with van der Waals surface area (Å²) >= 11 is 0. The SMILES string of the molecule is CCOc1ccccc1OCC(NC)C(C)CC. The zero-order chi connectivity index (χ0) is 13.4. The zero-order valence-electron chi connectivity index (χ0n) is 11.9. The highest BCUT2D eigenvalue weighted by molar-refractivity contribution is 5.39. The highest BCUT2D eigenvalue weighted by Gasteiger charge is 2.15. The molecule has 2 unspecified atom stereocenters. The lowest BCUT2D eigenvalue weighted by molar-refractivity contribution is 0.216. The van der Waals surface area contributed by atoms with E-state index < -0.39 is 0 Å². The third-order valence-electron chi connectivity index (χ3n) is 3.27. The van der Waals surface area contributed by atoms with Gasteiger partial charge in [0.05, 0.1) is 6.61 Å². The van der Waals surface area contributed by atoms with Gasteiger partial charge in [0.25, 0.3) is 0 Å². The summed E-state index contributed by atoms with van der Waals surface area (Å²) < 4.78 is 11.4. The summed E-state index contributed by atoms with van der Waals surface area (Å²) in [6.45, 7) is 7.73. The fraction of sp³-hybridized carbons (Fsp3) is 0.600. The normalized spacial score (nSPS) is 14.0. The Bertz CT molecular complexity index is 341. The van der Waals surface area contributed by atoms with E-state index in [9.17, 15) is 0 Å². The van der Waals surface area contributed by atoms with Gasteiger partial charge >= 0.3 is 0 Å². The van der Waals surface area contributed by atoms with Gasteiger partial charge in [0.1, 0.15) is 6.61 Å². The highest BCUT2D eigenvalue weighted by Crippen LogP contribution is 2.26. The molecule has 0 aromatic heterocycles. The maximum atomic E-state index is 5.88. The number of nitrogens with one attached hydrogen (secondary N) is 1. The monoisotopic (exact) mass is 251 g/mol. The molecule has 1 aromatic carbocycles. The van der Waals surface area contributed by atoms with Crippen LogP contribution in [0.3, 0.4) is 0 Å². The molecule has 1 aromatic rings. The van der Waals surface area contributed by atoms with Crippen LogP contribution in [-0.4, -0.2) is 26.3 Å². The molecule has 0 fully saturated rings. The van der Waals surface area contributed by atoms with Gasteiger partial charge in [-0.25, -0.2) is 0 Å². The van der Waals surface area contributed by atoms with Crippen molar-refractivity contribution >= 4 is 0 Å². The van der Waals surface area contributed by atoms with Crippen LogP contribution in [0.1, 0.15) is 27.2 Å². The first-order chi connectivity index (χ1) is 8.72. The predicted molar refractivity (Wildman–Crippen MR) is 75.4 cm³/mol. The van der Waals surface area contributed by atoms with E-state index in [-0.39, 0.29) is 0 Å². The van der Waals surface area contributed by atoms with E-state index in [1.54, 1.807) is 0 Å². The molecule has 18 heavy (non-hydrogen) atoms. The molecule has 102 valence electrons. The van der Waals surface area contributed by atoms with E-state index in [0.717, 1.165) is 17.9 Å². The summed E-state index contributed by atoms with van der Waals surface area (Å²) in [6, 6.07) is 8.19. The Labute approximate surface area is 110 Å². The lowest BCUT2D eigenvalue weighted by atomic mass is 10.0. The van der Waals surface area contributed by atoms with Crippen molar-refractivity contribution < 1.29 is 9.47 Å². The number of hydrogen-bond donors (Lipinski definition) is 1. The maximum Gasteiger partial charge on any atom is 0.161 e. The van der Waals surface area contributed by atoms with Gasteiger partial charge in [0.15, 0.2) is 11.5 Å². The van der Waals surface area contributed by atoms with Gasteiger partial charge in [-0.3, -0.25) is 0 Å². The third kappa shape index (κ3) is 4.22. The molecular formula is C15H25NO2. The molecular weight excluding hydrogens is 226 g/mol. The summed E-state index contributed by atoms with van der Waals surface area (Å²) in [5.74, 6) is 2.23. The van der Waals surface area contributed by atoms with Gasteiger partial charge in [-0.15, -0.1) is 0 Å². The van der Waals surface area contributed by atoms with Gasteiger partial charge in [0, 0.05) is 6.04 Å². The molecule has 0 aliphatic carbocycles. The van der Waals surface area contributed by atoms with Crippen LogP contribution in [0.2, 0.25) is 0 Å². The average molecular weight is 251 g/mol. The molecule has 3 nitrogen and oxygen atoms in total. The molecule has 1 rings (SSSR count). The van der Waals surface area contributed by atoms with Crippen molar-refractivity contribution in [3.63, 3.8) is 0 Å². The Balaban J connectivity index is 2.61. The summed E-state index contributed by atoms with van der Waals surface area (Å²) in [5, 5.41) is 3.31. The fourth-order valence-corrected chi connectivity index (χ4v) is 1.84. The quantitative estimate of drug-likeness (QED) is 0.770. The van der Waals surface area contributed by atoms with E-state index in [1.165, 1.54) is 0 Å². The molecule has 1 N–H and O–H groups in total. The molecule has 0 bridgehead atoms. The number of hydrogen-bond acceptors (Lipinski definition) is 3. The van der Waals surface area contributed by atoms with Gasteiger partial charge in [-0.05, 0) is 32.0 Å². The van der Waals surface area contributed by atoms with Crippen LogP contribution in [0.4, 0.5) is 0 Å². The van der Waals surface area contributed by atoms with Crippen molar-refractivity contribution in [2.45, 2.75) is 33.2 Å². The van der Waals surface area contributed by atoms with Crippen LogP contribution in [0.5, 0.6) is 11.5 Å². The first kappa shape index (κ1) is 14.8. The number of benzene rings is 1. The Morgan fingerprint density at radius 2 is 1.72 bits per heavy atom. The fourth-order valence-electron chi connectivity index (χ4n) is 1.84. The first-order valence-corrected chi connectivity index (χ1v) is 6.74. The summed E-state index contributed by atoms with van der Waals surface area (Å²) in [5.41, 5.74) is 0. The minimum absolute atomic E-state index is 0.365. The standard InChI is InChI=1S/C15H25NO2/c1-5-12(3)13(16-4)11-18-15-10-8-7-9-14(15)17-6-2/h7-10,12-13,16H,5-6,11H2,1-4H3. The van der Waals surface area contributed by atoms with Crippen molar-refractivity contribution in [3.05, 3.63) is 24.3 Å². The Hall–Kier alpha value is -1.22. The highest BCUT2D eigenvalue weighted by atomic mass is 16.5. The van der Waals surface area contributed by atoms with Crippen molar-refractivity contribution in [1.29, 1.82) is 0 Å². The molecule has 0 radical (unpaired) electrons. The number of rotatable bonds is 8. The van der Waals surface area contributed by atoms with E-state index in [0.29, 0.717) is 25.2 Å². The van der Waals surface area contributed by atoms with E-state index in [1.807, 2.05) is 38.2 Å². The molecule has 0 saturated carbocycles. The first-order valence-electron chi connectivity index (χ1n) is 6.74. The van der Waals surface area contributed by atoms with Crippen LogP contribution in [-0.2, 0) is 0 Å². The summed E-state index contributed by atoms with van der Waals surface area (Å²) in [6.07, 6.45) is 1.14. The topological polar surface area (TPSA) is 30.5 Å². The average Bonchev–Trinajstić information content (AvgIpc) is 2.41. The van der Waals surface area contributed by atoms with E-state index in [4.69, 9.17) is 9.47 Å². The van der Waals surface area contributed by atoms with Gasteiger partial charge in [-0.2, -0.15) is 0 Å². The van der Waals surface area contributed by atoms with E-state index >= 15 is 0 Å². The van der Waals surface area contributed by atoms with Crippen LogP contribution in [0.25, 0.3) is 0 Å². The van der Waals surface area contributed by atoms with Crippen molar-refractivity contribution in [2.75, 3.05) is 20.3 Å². The molecule has 0 heterocycles. The number of likely N-dealkylation sites (N-methyl/N-ethyl adjacent to an activating group) is 1. The van der Waals surface area contributed by atoms with Gasteiger partial charge in [0.2, 0.25) is 0 Å². The van der Waals surface area contributed by atoms with E-state index in [2.05, 4.69) is 19.2 Å². The second-order valence-electron chi connectivity index (χ2n) is 4.47. The minimum Gasteiger partial charge on any atom is -0.490 e. The molecule has 0 aliphatic rings. The lowest BCUT2D eigenvalue weighted by Crippen LogP contribution is -2.37. The van der Waals surface area contributed by atoms with Crippen molar-refractivity contribution in [3.8, 4) is 11.5 Å². The Morgan fingerprint density at radius 3 is 2.22 bits per heavy atom. The van der Waals surface area contributed by atoms with Crippen LogP contribution in [0, 0.1) is 5.92 Å². The smallest absolute Gasteiger partial charge is 0.161 e. The second kappa shape index (κ2) is 7.98. The second-order valence-corrected chi connectivity index (χ2v) is 4.47.